The normalized spacial score (nSPS) is 11.4. The van der Waals surface area contributed by atoms with Crippen LogP contribution in [-0.4, -0.2) is 8.42 Å². The zero-order valence-electron chi connectivity index (χ0n) is 10.8. The highest BCUT2D eigenvalue weighted by Crippen LogP contribution is 2.29. The molecule has 0 aliphatic rings. The summed E-state index contributed by atoms with van der Waals surface area (Å²) < 4.78 is 40.2. The van der Waals surface area contributed by atoms with Gasteiger partial charge in [-0.3, -0.25) is 4.72 Å². The van der Waals surface area contributed by atoms with Crippen LogP contribution in [0.15, 0.2) is 35.2 Å². The molecule has 0 heterocycles. The lowest BCUT2D eigenvalue weighted by molar-refractivity contribution is 0.600. The van der Waals surface area contributed by atoms with Crippen LogP contribution < -0.4 is 10.5 Å². The second-order valence-corrected chi connectivity index (χ2v) is 6.86. The van der Waals surface area contributed by atoms with E-state index in [-0.39, 0.29) is 15.6 Å². The Morgan fingerprint density at radius 1 is 1.19 bits per heavy atom. The number of nitrogens with one attached hydrogen (secondary N) is 1. The van der Waals surface area contributed by atoms with Crippen molar-refractivity contribution >= 4 is 44.6 Å². The Morgan fingerprint density at radius 2 is 1.86 bits per heavy atom. The molecule has 0 amide bonds. The molecule has 21 heavy (non-hydrogen) atoms. The Labute approximate surface area is 131 Å². The number of hydrogen-bond acceptors (Lipinski definition) is 3. The fourth-order valence-electron chi connectivity index (χ4n) is 1.69. The molecule has 112 valence electrons. The van der Waals surface area contributed by atoms with Crippen molar-refractivity contribution in [2.24, 2.45) is 0 Å². The van der Waals surface area contributed by atoms with Crippen molar-refractivity contribution in [3.8, 4) is 0 Å². The smallest absolute Gasteiger partial charge is 0.263 e. The van der Waals surface area contributed by atoms with Gasteiger partial charge in [0.15, 0.2) is 0 Å². The highest BCUT2D eigenvalue weighted by Gasteiger charge is 2.21. The number of rotatable bonds is 3. The van der Waals surface area contributed by atoms with Crippen LogP contribution in [0.25, 0.3) is 0 Å². The van der Waals surface area contributed by atoms with Gasteiger partial charge in [0.2, 0.25) is 0 Å². The minimum absolute atomic E-state index is 0.249. The molecule has 0 spiro atoms. The molecule has 4 nitrogen and oxygen atoms in total. The number of sulfonamides is 1. The van der Waals surface area contributed by atoms with Crippen LogP contribution in [0.1, 0.15) is 5.56 Å². The van der Waals surface area contributed by atoms with Crippen molar-refractivity contribution in [1.82, 2.24) is 0 Å². The zero-order valence-corrected chi connectivity index (χ0v) is 13.2. The second-order valence-electron chi connectivity index (χ2n) is 4.37. The summed E-state index contributed by atoms with van der Waals surface area (Å²) in [7, 11) is -3.99. The fourth-order valence-corrected chi connectivity index (χ4v) is 3.60. The van der Waals surface area contributed by atoms with Crippen LogP contribution in [0.3, 0.4) is 0 Å². The number of nitrogens with two attached hydrogens (primary N) is 1. The Balaban J connectivity index is 2.46. The largest absolute Gasteiger partial charge is 0.396 e. The van der Waals surface area contributed by atoms with E-state index in [1.165, 1.54) is 6.07 Å². The third kappa shape index (κ3) is 3.40. The molecule has 0 radical (unpaired) electrons. The van der Waals surface area contributed by atoms with E-state index in [1.807, 2.05) is 0 Å². The van der Waals surface area contributed by atoms with Gasteiger partial charge in [-0.25, -0.2) is 12.8 Å². The topological polar surface area (TPSA) is 72.2 Å². The first-order valence-corrected chi connectivity index (χ1v) is 7.98. The van der Waals surface area contributed by atoms with Gasteiger partial charge in [-0.05, 0) is 42.8 Å². The number of hydrogen-bond donors (Lipinski definition) is 2. The standard InChI is InChI=1S/C13H11Cl2FN2O2S/c1-7-4-8(14)2-3-12(7)18-21(19,20)13-6-11(17)10(16)5-9(13)15/h2-6,18H,17H2,1H3. The molecular formula is C13H11Cl2FN2O2S. The van der Waals surface area contributed by atoms with Crippen LogP contribution in [0.2, 0.25) is 10.0 Å². The van der Waals surface area contributed by atoms with Crippen LogP contribution >= 0.6 is 23.2 Å². The van der Waals surface area contributed by atoms with Gasteiger partial charge in [-0.15, -0.1) is 0 Å². The summed E-state index contributed by atoms with van der Waals surface area (Å²) in [4.78, 5) is -0.294. The average Bonchev–Trinajstić information content (AvgIpc) is 2.37. The van der Waals surface area contributed by atoms with Gasteiger partial charge in [0.05, 0.1) is 16.4 Å². The Kier molecular flexibility index (Phi) is 4.32. The van der Waals surface area contributed by atoms with Crippen molar-refractivity contribution in [2.45, 2.75) is 11.8 Å². The predicted molar refractivity (Wildman–Crippen MR) is 82.8 cm³/mol. The van der Waals surface area contributed by atoms with E-state index in [1.54, 1.807) is 19.1 Å². The summed E-state index contributed by atoms with van der Waals surface area (Å²) in [5.74, 6) is -0.776. The molecule has 3 N–H and O–H groups in total. The lowest BCUT2D eigenvalue weighted by Gasteiger charge is -2.12. The summed E-state index contributed by atoms with van der Waals surface area (Å²) in [6, 6.07) is 6.52. The van der Waals surface area contributed by atoms with Crippen molar-refractivity contribution in [1.29, 1.82) is 0 Å². The number of halogens is 3. The van der Waals surface area contributed by atoms with E-state index in [2.05, 4.69) is 4.72 Å². The number of nitrogen functional groups attached to an aromatic ring is 1. The highest BCUT2D eigenvalue weighted by atomic mass is 35.5. The van der Waals surface area contributed by atoms with Gasteiger partial charge < -0.3 is 5.73 Å². The second kappa shape index (κ2) is 5.71. The van der Waals surface area contributed by atoms with Crippen LogP contribution in [-0.2, 0) is 10.0 Å². The molecule has 0 bridgehead atoms. The van der Waals surface area contributed by atoms with E-state index in [9.17, 15) is 12.8 Å². The first-order chi connectivity index (χ1) is 9.70. The van der Waals surface area contributed by atoms with Crippen LogP contribution in [0, 0.1) is 12.7 Å². The minimum Gasteiger partial charge on any atom is -0.396 e. The fraction of sp³-hybridized carbons (Fsp3) is 0.0769. The van der Waals surface area contributed by atoms with E-state index in [0.29, 0.717) is 16.3 Å². The van der Waals surface area contributed by atoms with Crippen molar-refractivity contribution in [3.05, 3.63) is 51.8 Å². The molecule has 0 saturated heterocycles. The maximum absolute atomic E-state index is 13.2. The minimum atomic E-state index is -3.99. The maximum Gasteiger partial charge on any atom is 0.263 e. The molecule has 0 aromatic heterocycles. The predicted octanol–water partition coefficient (Wildman–Crippen LogP) is 3.82. The first kappa shape index (κ1) is 15.9. The molecule has 0 saturated carbocycles. The molecule has 0 aliphatic carbocycles. The van der Waals surface area contributed by atoms with Gasteiger partial charge in [0.1, 0.15) is 10.7 Å². The quantitative estimate of drug-likeness (QED) is 0.828. The molecule has 0 fully saturated rings. The van der Waals surface area contributed by atoms with Crippen molar-refractivity contribution in [2.75, 3.05) is 10.5 Å². The lowest BCUT2D eigenvalue weighted by Crippen LogP contribution is -2.15. The molecule has 0 unspecified atom stereocenters. The molecule has 2 aromatic rings. The molecular weight excluding hydrogens is 338 g/mol. The molecule has 8 heteroatoms. The molecule has 0 aliphatic heterocycles. The third-order valence-corrected chi connectivity index (χ3v) is 4.84. The highest BCUT2D eigenvalue weighted by molar-refractivity contribution is 7.92. The van der Waals surface area contributed by atoms with E-state index < -0.39 is 15.8 Å². The monoisotopic (exact) mass is 348 g/mol. The Hall–Kier alpha value is -1.50. The van der Waals surface area contributed by atoms with Gasteiger partial charge >= 0.3 is 0 Å². The van der Waals surface area contributed by atoms with E-state index >= 15 is 0 Å². The van der Waals surface area contributed by atoms with E-state index in [4.69, 9.17) is 28.9 Å². The number of anilines is 2. The summed E-state index contributed by atoms with van der Waals surface area (Å²) >= 11 is 11.6. The lowest BCUT2D eigenvalue weighted by atomic mass is 10.2. The number of aryl methyl sites for hydroxylation is 1. The van der Waals surface area contributed by atoms with Crippen molar-refractivity contribution < 1.29 is 12.8 Å². The zero-order chi connectivity index (χ0) is 15.8. The van der Waals surface area contributed by atoms with Crippen LogP contribution in [0.5, 0.6) is 0 Å². The summed E-state index contributed by atoms with van der Waals surface area (Å²) in [6.45, 7) is 1.70. The van der Waals surface area contributed by atoms with Crippen molar-refractivity contribution in [3.63, 3.8) is 0 Å². The van der Waals surface area contributed by atoms with Gasteiger partial charge in [-0.1, -0.05) is 23.2 Å². The van der Waals surface area contributed by atoms with E-state index in [0.717, 1.165) is 12.1 Å². The third-order valence-electron chi connectivity index (χ3n) is 2.77. The summed E-state index contributed by atoms with van der Waals surface area (Å²) in [5, 5.41) is 0.236. The van der Waals surface area contributed by atoms with Gasteiger partial charge in [0.25, 0.3) is 10.0 Å². The van der Waals surface area contributed by atoms with Crippen LogP contribution in [0.4, 0.5) is 15.8 Å². The Bertz CT molecular complexity index is 810. The SMILES string of the molecule is Cc1cc(Cl)ccc1NS(=O)(=O)c1cc(N)c(F)cc1Cl. The molecule has 2 aromatic carbocycles. The van der Waals surface area contributed by atoms with Gasteiger partial charge in [-0.2, -0.15) is 0 Å². The average molecular weight is 349 g/mol. The molecule has 0 atom stereocenters. The molecule has 2 rings (SSSR count). The summed E-state index contributed by atoms with van der Waals surface area (Å²) in [5.41, 5.74) is 6.07. The Morgan fingerprint density at radius 3 is 2.48 bits per heavy atom. The first-order valence-electron chi connectivity index (χ1n) is 5.74. The summed E-state index contributed by atoms with van der Waals surface area (Å²) in [6.07, 6.45) is 0. The number of benzene rings is 2. The maximum atomic E-state index is 13.2. The van der Waals surface area contributed by atoms with Gasteiger partial charge in [0, 0.05) is 5.02 Å².